The zero-order valence-electron chi connectivity index (χ0n) is 32.4. The van der Waals surface area contributed by atoms with E-state index in [9.17, 15) is 25.9 Å². The minimum atomic E-state index is -4.35. The summed E-state index contributed by atoms with van der Waals surface area (Å²) in [7, 11) is -8.70. The van der Waals surface area contributed by atoms with Gasteiger partial charge in [-0.15, -0.1) is 0 Å². The molecule has 2 aromatic carbocycles. The molecule has 0 fully saturated rings. The third kappa shape index (κ3) is 27.3. The summed E-state index contributed by atoms with van der Waals surface area (Å²) in [6.07, 6.45) is 34.9. The van der Waals surface area contributed by atoms with E-state index in [1.165, 1.54) is 153 Å². The zero-order chi connectivity index (χ0) is 36.8. The SMILES string of the molecule is CCCCCCCCCCCCCCCc1ccccc1S(=O)(=O)[O-].CCCCCCCCCCCCCCCc1ccccc1S(=O)(=O)[O-].[Mg+2]. The molecular formula is C42H70MgO6S2. The molecule has 6 nitrogen and oxygen atoms in total. The fourth-order valence-electron chi connectivity index (χ4n) is 6.57. The molecule has 0 aliphatic heterocycles. The predicted octanol–water partition coefficient (Wildman–Crippen LogP) is 12.1. The molecule has 0 aliphatic carbocycles. The Hall–Kier alpha value is -0.974. The molecule has 2 aromatic rings. The Morgan fingerprint density at radius 1 is 0.373 bits per heavy atom. The molecule has 0 unspecified atom stereocenters. The first-order valence-corrected chi connectivity index (χ1v) is 23.0. The van der Waals surface area contributed by atoms with Gasteiger partial charge in [-0.2, -0.15) is 0 Å². The largest absolute Gasteiger partial charge is 2.00 e. The summed E-state index contributed by atoms with van der Waals surface area (Å²) >= 11 is 0. The second kappa shape index (κ2) is 32.5. The minimum absolute atomic E-state index is 0. The fourth-order valence-corrected chi connectivity index (χ4v) is 8.05. The summed E-state index contributed by atoms with van der Waals surface area (Å²) in [4.78, 5) is -0.0946. The van der Waals surface area contributed by atoms with Crippen LogP contribution in [0.4, 0.5) is 0 Å². The normalized spacial score (nSPS) is 11.5. The maximum Gasteiger partial charge on any atom is 2.00 e. The molecule has 0 bridgehead atoms. The molecule has 0 heterocycles. The van der Waals surface area contributed by atoms with Crippen molar-refractivity contribution >= 4 is 43.3 Å². The van der Waals surface area contributed by atoms with Gasteiger partial charge in [0.2, 0.25) is 0 Å². The van der Waals surface area contributed by atoms with Gasteiger partial charge in [-0.05, 0) is 48.9 Å². The van der Waals surface area contributed by atoms with Gasteiger partial charge >= 0.3 is 23.1 Å². The van der Waals surface area contributed by atoms with Crippen molar-refractivity contribution in [2.45, 2.75) is 203 Å². The van der Waals surface area contributed by atoms with Crippen LogP contribution in [0.25, 0.3) is 0 Å². The minimum Gasteiger partial charge on any atom is -0.744 e. The molecular weight excluding hydrogens is 689 g/mol. The first kappa shape index (κ1) is 50.0. The quantitative estimate of drug-likeness (QED) is 0.0445. The molecule has 0 aliphatic rings. The van der Waals surface area contributed by atoms with Crippen molar-refractivity contribution < 1.29 is 25.9 Å². The molecule has 0 atom stereocenters. The molecule has 0 saturated carbocycles. The zero-order valence-corrected chi connectivity index (χ0v) is 35.4. The molecule has 0 aromatic heterocycles. The van der Waals surface area contributed by atoms with Gasteiger partial charge in [-0.25, -0.2) is 16.8 Å². The van der Waals surface area contributed by atoms with E-state index in [1.807, 2.05) is 0 Å². The van der Waals surface area contributed by atoms with E-state index < -0.39 is 20.2 Å². The number of benzene rings is 2. The van der Waals surface area contributed by atoms with Crippen molar-refractivity contribution in [1.29, 1.82) is 0 Å². The Bertz CT molecular complexity index is 1210. The molecule has 0 amide bonds. The van der Waals surface area contributed by atoms with Gasteiger partial charge in [-0.3, -0.25) is 0 Å². The summed E-state index contributed by atoms with van der Waals surface area (Å²) in [5.41, 5.74) is 1.33. The summed E-state index contributed by atoms with van der Waals surface area (Å²) in [6.45, 7) is 4.51. The monoisotopic (exact) mass is 758 g/mol. The maximum atomic E-state index is 11.2. The topological polar surface area (TPSA) is 114 Å². The van der Waals surface area contributed by atoms with Crippen LogP contribution in [0.15, 0.2) is 58.3 Å². The van der Waals surface area contributed by atoms with Crippen molar-refractivity contribution in [1.82, 2.24) is 0 Å². The van der Waals surface area contributed by atoms with Crippen LogP contribution >= 0.6 is 0 Å². The molecule has 288 valence electrons. The second-order valence-electron chi connectivity index (χ2n) is 14.1. The molecule has 51 heavy (non-hydrogen) atoms. The van der Waals surface area contributed by atoms with Crippen LogP contribution < -0.4 is 0 Å². The van der Waals surface area contributed by atoms with Crippen LogP contribution in [0, 0.1) is 0 Å². The van der Waals surface area contributed by atoms with E-state index in [0.717, 1.165) is 25.7 Å². The Balaban J connectivity index is 0.000000962. The molecule has 0 N–H and O–H groups in total. The van der Waals surface area contributed by atoms with Crippen LogP contribution in [-0.4, -0.2) is 49.0 Å². The number of aryl methyl sites for hydroxylation is 2. The Morgan fingerprint density at radius 2 is 0.588 bits per heavy atom. The summed E-state index contributed by atoms with van der Waals surface area (Å²) in [5.74, 6) is 0. The van der Waals surface area contributed by atoms with Gasteiger partial charge < -0.3 is 9.11 Å². The fraction of sp³-hybridized carbons (Fsp3) is 0.714. The first-order valence-electron chi connectivity index (χ1n) is 20.2. The van der Waals surface area contributed by atoms with Gasteiger partial charge in [-0.1, -0.05) is 204 Å². The van der Waals surface area contributed by atoms with Gasteiger partial charge in [0.1, 0.15) is 20.2 Å². The number of hydrogen-bond acceptors (Lipinski definition) is 6. The maximum absolute atomic E-state index is 11.2. The molecule has 2 rings (SSSR count). The third-order valence-corrected chi connectivity index (χ3v) is 11.5. The van der Waals surface area contributed by atoms with Crippen molar-refractivity contribution in [3.63, 3.8) is 0 Å². The van der Waals surface area contributed by atoms with E-state index in [-0.39, 0.29) is 32.8 Å². The summed E-state index contributed by atoms with van der Waals surface area (Å²) in [5, 5.41) is 0. The van der Waals surface area contributed by atoms with Crippen LogP contribution in [0.5, 0.6) is 0 Å². The van der Waals surface area contributed by atoms with E-state index in [1.54, 1.807) is 36.4 Å². The average Bonchev–Trinajstić information content (AvgIpc) is 3.08. The Kier molecular flexibility index (Phi) is 31.8. The van der Waals surface area contributed by atoms with Crippen LogP contribution in [0.2, 0.25) is 0 Å². The van der Waals surface area contributed by atoms with E-state index >= 15 is 0 Å². The summed E-state index contributed by atoms with van der Waals surface area (Å²) < 4.78 is 67.4. The van der Waals surface area contributed by atoms with Crippen molar-refractivity contribution in [2.75, 3.05) is 0 Å². The molecule has 0 saturated heterocycles. The molecule has 0 radical (unpaired) electrons. The van der Waals surface area contributed by atoms with E-state index in [2.05, 4.69) is 13.8 Å². The van der Waals surface area contributed by atoms with Gasteiger partial charge in [0.05, 0.1) is 9.79 Å². The third-order valence-electron chi connectivity index (χ3n) is 9.58. The van der Waals surface area contributed by atoms with Crippen molar-refractivity contribution in [2.24, 2.45) is 0 Å². The molecule has 9 heteroatoms. The van der Waals surface area contributed by atoms with Crippen LogP contribution in [0.3, 0.4) is 0 Å². The predicted molar refractivity (Wildman–Crippen MR) is 213 cm³/mol. The van der Waals surface area contributed by atoms with E-state index in [0.29, 0.717) is 24.0 Å². The smallest absolute Gasteiger partial charge is 0.744 e. The van der Waals surface area contributed by atoms with Gasteiger partial charge in [0.25, 0.3) is 0 Å². The Morgan fingerprint density at radius 3 is 0.824 bits per heavy atom. The number of unbranched alkanes of at least 4 members (excludes halogenated alkanes) is 24. The van der Waals surface area contributed by atoms with Crippen molar-refractivity contribution in [3.8, 4) is 0 Å². The van der Waals surface area contributed by atoms with Crippen molar-refractivity contribution in [3.05, 3.63) is 59.7 Å². The average molecular weight is 759 g/mol. The first-order chi connectivity index (χ1) is 24.1. The summed E-state index contributed by atoms with van der Waals surface area (Å²) in [6, 6.07) is 13.2. The Labute approximate surface area is 330 Å². The van der Waals surface area contributed by atoms with Gasteiger partial charge in [0, 0.05) is 0 Å². The standard InChI is InChI=1S/2C21H36O3S.Mg/c2*1-2-3-4-5-6-7-8-9-10-11-12-13-14-17-20-18-15-16-19-21(20)25(22,23)24;/h2*15-16,18-19H,2-14,17H2,1H3,(H,22,23,24);/q;;+2/p-2. The van der Waals surface area contributed by atoms with Crippen LogP contribution in [-0.2, 0) is 33.1 Å². The van der Waals surface area contributed by atoms with E-state index in [4.69, 9.17) is 0 Å². The second-order valence-corrected chi connectivity index (χ2v) is 16.8. The molecule has 0 spiro atoms. The number of rotatable bonds is 30. The van der Waals surface area contributed by atoms with Gasteiger partial charge in [0.15, 0.2) is 0 Å². The number of hydrogen-bond donors (Lipinski definition) is 0. The van der Waals surface area contributed by atoms with Crippen LogP contribution in [0.1, 0.15) is 192 Å².